The van der Waals surface area contributed by atoms with Gasteiger partial charge in [0.1, 0.15) is 11.7 Å². The van der Waals surface area contributed by atoms with Crippen LogP contribution in [0.5, 0.6) is 0 Å². The lowest BCUT2D eigenvalue weighted by molar-refractivity contribution is 0.664. The molecule has 0 fully saturated rings. The summed E-state index contributed by atoms with van der Waals surface area (Å²) in [7, 11) is 0. The third-order valence-corrected chi connectivity index (χ3v) is 1.43. The zero-order chi connectivity index (χ0) is 11.1. The molecule has 0 aromatic rings. The lowest BCUT2D eigenvalue weighted by Crippen LogP contribution is -1.80. The van der Waals surface area contributed by atoms with Crippen molar-refractivity contribution in [3.8, 4) is 0 Å². The van der Waals surface area contributed by atoms with Gasteiger partial charge >= 0.3 is 0 Å². The summed E-state index contributed by atoms with van der Waals surface area (Å²) in [6.45, 7) is 13.5. The minimum Gasteiger partial charge on any atom is -0.207 e. The molecule has 2 heteroatoms. The molecule has 0 spiro atoms. The van der Waals surface area contributed by atoms with E-state index in [1.54, 1.807) is 0 Å². The van der Waals surface area contributed by atoms with Crippen LogP contribution in [0.3, 0.4) is 0 Å². The number of halogens is 2. The lowest BCUT2D eigenvalue weighted by Gasteiger charge is -1.98. The molecule has 0 N–H and O–H groups in total. The Morgan fingerprint density at radius 1 is 0.786 bits per heavy atom. The molecule has 0 heterocycles. The van der Waals surface area contributed by atoms with E-state index in [2.05, 4.69) is 26.3 Å². The number of hydrogen-bond acceptors (Lipinski definition) is 0. The quantitative estimate of drug-likeness (QED) is 0.576. The SMILES string of the molecule is C=C/C(F)=C\C(=C)C(=C)/C=C(/F)C=C. The van der Waals surface area contributed by atoms with Crippen molar-refractivity contribution in [2.45, 2.75) is 0 Å². The maximum atomic E-state index is 12.7. The molecule has 0 aliphatic heterocycles. The van der Waals surface area contributed by atoms with Crippen molar-refractivity contribution in [1.82, 2.24) is 0 Å². The molecule has 0 nitrogen and oxygen atoms in total. The van der Waals surface area contributed by atoms with Crippen molar-refractivity contribution in [2.75, 3.05) is 0 Å². The Bertz CT molecular complexity index is 296. The average Bonchev–Trinajstić information content (AvgIpc) is 2.17. The minimum atomic E-state index is -0.538. The molecule has 0 aromatic carbocycles. The van der Waals surface area contributed by atoms with Gasteiger partial charge < -0.3 is 0 Å². The second-order valence-corrected chi connectivity index (χ2v) is 2.52. The predicted octanol–water partition coefficient (Wildman–Crippen LogP) is 4.18. The molecule has 0 saturated carbocycles. The normalized spacial score (nSPS) is 12.1. The van der Waals surface area contributed by atoms with Gasteiger partial charge in [0.15, 0.2) is 0 Å². The van der Waals surface area contributed by atoms with E-state index in [-0.39, 0.29) is 0 Å². The monoisotopic (exact) mass is 194 g/mol. The van der Waals surface area contributed by atoms with Gasteiger partial charge in [-0.1, -0.05) is 26.3 Å². The molecule has 0 rings (SSSR count). The van der Waals surface area contributed by atoms with Crippen LogP contribution < -0.4 is 0 Å². The third-order valence-electron chi connectivity index (χ3n) is 1.43. The van der Waals surface area contributed by atoms with Crippen LogP contribution in [-0.4, -0.2) is 0 Å². The molecule has 0 amide bonds. The van der Waals surface area contributed by atoms with Crippen LogP contribution in [0.15, 0.2) is 73.4 Å². The van der Waals surface area contributed by atoms with Crippen LogP contribution in [-0.2, 0) is 0 Å². The maximum Gasteiger partial charge on any atom is 0.123 e. The van der Waals surface area contributed by atoms with Crippen molar-refractivity contribution < 1.29 is 8.78 Å². The van der Waals surface area contributed by atoms with Gasteiger partial charge in [0.25, 0.3) is 0 Å². The second kappa shape index (κ2) is 5.86. The van der Waals surface area contributed by atoms with Crippen LogP contribution in [0.25, 0.3) is 0 Å². The van der Waals surface area contributed by atoms with Crippen molar-refractivity contribution in [1.29, 1.82) is 0 Å². The van der Waals surface area contributed by atoms with E-state index in [0.29, 0.717) is 11.1 Å². The molecule has 0 radical (unpaired) electrons. The minimum absolute atomic E-state index is 0.291. The topological polar surface area (TPSA) is 0 Å². The first kappa shape index (κ1) is 12.3. The van der Waals surface area contributed by atoms with Crippen LogP contribution >= 0.6 is 0 Å². The van der Waals surface area contributed by atoms with E-state index >= 15 is 0 Å². The Morgan fingerprint density at radius 3 is 1.29 bits per heavy atom. The lowest BCUT2D eigenvalue weighted by atomic mass is 10.1. The Kier molecular flexibility index (Phi) is 5.15. The zero-order valence-electron chi connectivity index (χ0n) is 7.89. The molecule has 14 heavy (non-hydrogen) atoms. The zero-order valence-corrected chi connectivity index (χ0v) is 7.89. The predicted molar refractivity (Wildman–Crippen MR) is 57.1 cm³/mol. The Labute approximate surface area is 82.9 Å². The summed E-state index contributed by atoms with van der Waals surface area (Å²) in [6, 6.07) is 0. The fraction of sp³-hybridized carbons (Fsp3) is 0. The van der Waals surface area contributed by atoms with Gasteiger partial charge in [-0.15, -0.1) is 0 Å². The summed E-state index contributed by atoms with van der Waals surface area (Å²) < 4.78 is 25.3. The number of rotatable bonds is 5. The Morgan fingerprint density at radius 2 is 1.07 bits per heavy atom. The molecule has 0 aliphatic carbocycles. The van der Waals surface area contributed by atoms with E-state index < -0.39 is 11.7 Å². The van der Waals surface area contributed by atoms with Crippen molar-refractivity contribution in [3.05, 3.63) is 73.4 Å². The largest absolute Gasteiger partial charge is 0.207 e. The Balaban J connectivity index is 4.66. The number of allylic oxidation sites excluding steroid dienone is 8. The first-order valence-corrected chi connectivity index (χ1v) is 3.88. The Hall–Kier alpha value is -1.70. The summed E-state index contributed by atoms with van der Waals surface area (Å²) >= 11 is 0. The van der Waals surface area contributed by atoms with Crippen molar-refractivity contribution in [3.63, 3.8) is 0 Å². The van der Waals surface area contributed by atoms with E-state index in [4.69, 9.17) is 0 Å². The molecule has 0 atom stereocenters. The second-order valence-electron chi connectivity index (χ2n) is 2.52. The molecule has 0 aliphatic rings. The molecular weight excluding hydrogens is 182 g/mol. The smallest absolute Gasteiger partial charge is 0.123 e. The summed E-state index contributed by atoms with van der Waals surface area (Å²) in [5.41, 5.74) is 0.582. The van der Waals surface area contributed by atoms with Crippen LogP contribution in [0, 0.1) is 0 Å². The van der Waals surface area contributed by atoms with Gasteiger partial charge in [0.2, 0.25) is 0 Å². The highest BCUT2D eigenvalue weighted by molar-refractivity contribution is 5.45. The van der Waals surface area contributed by atoms with Crippen LogP contribution in [0.4, 0.5) is 8.78 Å². The summed E-state index contributed by atoms with van der Waals surface area (Å²) in [5, 5.41) is 0. The highest BCUT2D eigenvalue weighted by Crippen LogP contribution is 2.14. The fourth-order valence-electron chi connectivity index (χ4n) is 0.636. The molecular formula is C12H12F2. The van der Waals surface area contributed by atoms with Gasteiger partial charge in [0, 0.05) is 0 Å². The highest BCUT2D eigenvalue weighted by Gasteiger charge is 1.97. The van der Waals surface area contributed by atoms with E-state index in [0.717, 1.165) is 24.3 Å². The summed E-state index contributed by atoms with van der Waals surface area (Å²) in [5.74, 6) is -1.08. The first-order chi connectivity index (χ1) is 6.51. The molecule has 0 aromatic heterocycles. The van der Waals surface area contributed by atoms with Crippen LogP contribution in [0.2, 0.25) is 0 Å². The van der Waals surface area contributed by atoms with Gasteiger partial charge in [0.05, 0.1) is 0 Å². The van der Waals surface area contributed by atoms with Crippen molar-refractivity contribution >= 4 is 0 Å². The van der Waals surface area contributed by atoms with Gasteiger partial charge in [-0.2, -0.15) is 0 Å². The maximum absolute atomic E-state index is 12.7. The molecule has 74 valence electrons. The first-order valence-electron chi connectivity index (χ1n) is 3.88. The van der Waals surface area contributed by atoms with E-state index in [9.17, 15) is 8.78 Å². The van der Waals surface area contributed by atoms with Crippen molar-refractivity contribution in [2.24, 2.45) is 0 Å². The average molecular weight is 194 g/mol. The highest BCUT2D eigenvalue weighted by atomic mass is 19.1. The van der Waals surface area contributed by atoms with E-state index in [1.807, 2.05) is 0 Å². The number of hydrogen-bond donors (Lipinski definition) is 0. The summed E-state index contributed by atoms with van der Waals surface area (Å²) in [4.78, 5) is 0. The van der Waals surface area contributed by atoms with E-state index in [1.165, 1.54) is 0 Å². The van der Waals surface area contributed by atoms with Gasteiger partial charge in [-0.25, -0.2) is 8.78 Å². The standard InChI is InChI=1S/C12H12F2/c1-5-11(13)7-9(3)10(4)8-12(14)6-2/h5-8H,1-4H2/b11-7+,12-8+. The molecule has 0 bridgehead atoms. The van der Waals surface area contributed by atoms with Crippen LogP contribution in [0.1, 0.15) is 0 Å². The summed E-state index contributed by atoms with van der Waals surface area (Å²) in [6.07, 6.45) is 4.32. The molecule has 0 unspecified atom stereocenters. The molecule has 0 saturated heterocycles. The van der Waals surface area contributed by atoms with Gasteiger partial charge in [-0.05, 0) is 35.5 Å². The fourth-order valence-corrected chi connectivity index (χ4v) is 0.636. The third kappa shape index (κ3) is 4.36. The van der Waals surface area contributed by atoms with Gasteiger partial charge in [-0.3, -0.25) is 0 Å².